The van der Waals surface area contributed by atoms with Crippen molar-refractivity contribution in [2.45, 2.75) is 37.0 Å². The van der Waals surface area contributed by atoms with Crippen LogP contribution in [0.15, 0.2) is 83.8 Å². The Bertz CT molecular complexity index is 1210. The zero-order chi connectivity index (χ0) is 24.0. The maximum Gasteiger partial charge on any atom is 0.253 e. The lowest BCUT2D eigenvalue weighted by Crippen LogP contribution is -2.41. The second-order valence-corrected chi connectivity index (χ2v) is 10.4. The first-order valence-electron chi connectivity index (χ1n) is 11.2. The van der Waals surface area contributed by atoms with Crippen LogP contribution in [0, 0.1) is 0 Å². The number of nitrogens with zero attached hydrogens (tertiary/aromatic N) is 1. The van der Waals surface area contributed by atoms with Crippen LogP contribution in [0.2, 0.25) is 5.02 Å². The molecule has 1 amide bonds. The molecule has 34 heavy (non-hydrogen) atoms. The number of sulfonamides is 1. The van der Waals surface area contributed by atoms with Crippen LogP contribution in [0.25, 0.3) is 0 Å². The minimum absolute atomic E-state index is 0.0742. The highest BCUT2D eigenvalue weighted by molar-refractivity contribution is 7.89. The number of nitrogens with one attached hydrogen (secondary N) is 1. The maximum absolute atomic E-state index is 13.1. The fourth-order valence-corrected chi connectivity index (χ4v) is 5.43. The lowest BCUT2D eigenvalue weighted by molar-refractivity contribution is -0.000384. The molecule has 0 aromatic heterocycles. The summed E-state index contributed by atoms with van der Waals surface area (Å²) in [5.74, 6) is -0.210. The second kappa shape index (κ2) is 11.1. The fourth-order valence-electron chi connectivity index (χ4n) is 3.89. The van der Waals surface area contributed by atoms with Gasteiger partial charge in [0, 0.05) is 25.2 Å². The van der Waals surface area contributed by atoms with E-state index in [1.54, 1.807) is 11.0 Å². The van der Waals surface area contributed by atoms with E-state index in [1.807, 2.05) is 60.7 Å². The first kappa shape index (κ1) is 24.4. The molecule has 8 heteroatoms. The van der Waals surface area contributed by atoms with Crippen LogP contribution in [0.5, 0.6) is 0 Å². The molecule has 1 heterocycles. The van der Waals surface area contributed by atoms with Crippen molar-refractivity contribution in [1.29, 1.82) is 0 Å². The number of hydrogen-bond donors (Lipinski definition) is 1. The highest BCUT2D eigenvalue weighted by Gasteiger charge is 2.26. The number of carbonyl (C=O) groups excluding carboxylic acids is 1. The summed E-state index contributed by atoms with van der Waals surface area (Å²) in [6, 6.07) is 23.6. The summed E-state index contributed by atoms with van der Waals surface area (Å²) in [6.07, 6.45) is 1.55. The Balaban J connectivity index is 1.37. The third kappa shape index (κ3) is 6.24. The molecule has 1 fully saturated rings. The lowest BCUT2D eigenvalue weighted by atomic mass is 10.1. The molecule has 1 aliphatic rings. The van der Waals surface area contributed by atoms with Crippen molar-refractivity contribution in [3.63, 3.8) is 0 Å². The Morgan fingerprint density at radius 1 is 0.941 bits per heavy atom. The first-order chi connectivity index (χ1) is 16.4. The van der Waals surface area contributed by atoms with Crippen LogP contribution in [0.3, 0.4) is 0 Å². The number of carbonyl (C=O) groups is 1. The van der Waals surface area contributed by atoms with Crippen LogP contribution in [-0.2, 0) is 27.9 Å². The predicted molar refractivity (Wildman–Crippen MR) is 132 cm³/mol. The summed E-state index contributed by atoms with van der Waals surface area (Å²) in [6.45, 7) is 1.78. The summed E-state index contributed by atoms with van der Waals surface area (Å²) < 4.78 is 34.3. The van der Waals surface area contributed by atoms with Gasteiger partial charge in [-0.15, -0.1) is 0 Å². The van der Waals surface area contributed by atoms with Crippen molar-refractivity contribution in [1.82, 2.24) is 9.62 Å². The summed E-state index contributed by atoms with van der Waals surface area (Å²) in [5.41, 5.74) is 2.25. The maximum atomic E-state index is 13.1. The van der Waals surface area contributed by atoms with Gasteiger partial charge in [-0.05, 0) is 42.2 Å². The van der Waals surface area contributed by atoms with Gasteiger partial charge >= 0.3 is 0 Å². The molecule has 4 rings (SSSR count). The van der Waals surface area contributed by atoms with Gasteiger partial charge in [0.25, 0.3) is 5.91 Å². The van der Waals surface area contributed by atoms with Gasteiger partial charge in [0.1, 0.15) is 4.90 Å². The van der Waals surface area contributed by atoms with Crippen LogP contribution in [-0.4, -0.2) is 38.4 Å². The smallest absolute Gasteiger partial charge is 0.253 e. The highest BCUT2D eigenvalue weighted by atomic mass is 35.5. The van der Waals surface area contributed by atoms with Crippen LogP contribution in [0.4, 0.5) is 0 Å². The molecule has 0 bridgehead atoms. The number of likely N-dealkylation sites (tertiary alicyclic amines) is 1. The first-order valence-corrected chi connectivity index (χ1v) is 13.1. The van der Waals surface area contributed by atoms with Gasteiger partial charge in [0.15, 0.2) is 0 Å². The molecule has 0 spiro atoms. The predicted octanol–water partition coefficient (Wildman–Crippen LogP) is 4.64. The SMILES string of the molecule is O=C(c1ccc(Cl)c(S(=O)(=O)NCc2ccccc2)c1)N1CCC(OCc2ccccc2)CC1. The van der Waals surface area contributed by atoms with Crippen LogP contribution in [0.1, 0.15) is 34.3 Å². The summed E-state index contributed by atoms with van der Waals surface area (Å²) in [4.78, 5) is 14.7. The Morgan fingerprint density at radius 3 is 2.21 bits per heavy atom. The average Bonchev–Trinajstić information content (AvgIpc) is 2.88. The molecular formula is C26H27ClN2O4S. The zero-order valence-corrected chi connectivity index (χ0v) is 20.3. The third-order valence-electron chi connectivity index (χ3n) is 5.83. The normalized spacial score (nSPS) is 14.8. The second-order valence-electron chi connectivity index (χ2n) is 8.24. The fraction of sp³-hybridized carbons (Fsp3) is 0.269. The van der Waals surface area contributed by atoms with Gasteiger partial charge in [0.2, 0.25) is 10.0 Å². The van der Waals surface area contributed by atoms with Crippen LogP contribution >= 0.6 is 11.6 Å². The van der Waals surface area contributed by atoms with Gasteiger partial charge in [-0.2, -0.15) is 0 Å². The number of rotatable bonds is 8. The number of halogens is 1. The Kier molecular flexibility index (Phi) is 8.00. The third-order valence-corrected chi connectivity index (χ3v) is 7.72. The lowest BCUT2D eigenvalue weighted by Gasteiger charge is -2.32. The van der Waals surface area contributed by atoms with Gasteiger partial charge in [0.05, 0.1) is 17.7 Å². The van der Waals surface area contributed by atoms with E-state index in [1.165, 1.54) is 12.1 Å². The molecule has 1 aliphatic heterocycles. The monoisotopic (exact) mass is 498 g/mol. The van der Waals surface area contributed by atoms with Crippen molar-refractivity contribution in [3.8, 4) is 0 Å². The standard InChI is InChI=1S/C26H27ClN2O4S/c27-24-12-11-22(17-25(24)34(31,32)28-18-20-7-3-1-4-8-20)26(30)29-15-13-23(14-16-29)33-19-21-9-5-2-6-10-21/h1-12,17,23,28H,13-16,18-19H2. The van der Waals surface area contributed by atoms with Crippen molar-refractivity contribution < 1.29 is 17.9 Å². The van der Waals surface area contributed by atoms with Crippen molar-refractivity contribution >= 4 is 27.5 Å². The highest BCUT2D eigenvalue weighted by Crippen LogP contribution is 2.25. The summed E-state index contributed by atoms with van der Waals surface area (Å²) in [7, 11) is -3.89. The molecule has 3 aromatic carbocycles. The van der Waals surface area contributed by atoms with E-state index >= 15 is 0 Å². The molecule has 0 radical (unpaired) electrons. The van der Waals surface area contributed by atoms with Crippen molar-refractivity contribution in [2.75, 3.05) is 13.1 Å². The number of benzene rings is 3. The average molecular weight is 499 g/mol. The molecule has 0 atom stereocenters. The Labute approximate surface area is 205 Å². The molecule has 1 N–H and O–H groups in total. The topological polar surface area (TPSA) is 75.7 Å². The van der Waals surface area contributed by atoms with E-state index in [0.29, 0.717) is 25.3 Å². The number of ether oxygens (including phenoxy) is 1. The van der Waals surface area contributed by atoms with Gasteiger partial charge in [-0.3, -0.25) is 4.79 Å². The molecule has 178 valence electrons. The van der Waals surface area contributed by atoms with E-state index in [-0.39, 0.29) is 28.5 Å². The van der Waals surface area contributed by atoms with Gasteiger partial charge in [-0.25, -0.2) is 13.1 Å². The largest absolute Gasteiger partial charge is 0.373 e. The van der Waals surface area contributed by atoms with E-state index in [9.17, 15) is 13.2 Å². The molecular weight excluding hydrogens is 472 g/mol. The van der Waals surface area contributed by atoms with E-state index < -0.39 is 10.0 Å². The molecule has 0 unspecified atom stereocenters. The van der Waals surface area contributed by atoms with E-state index in [2.05, 4.69) is 4.72 Å². The quantitative estimate of drug-likeness (QED) is 0.491. The summed E-state index contributed by atoms with van der Waals surface area (Å²) in [5, 5.41) is 0.0742. The zero-order valence-electron chi connectivity index (χ0n) is 18.7. The molecule has 0 saturated carbocycles. The van der Waals surface area contributed by atoms with Crippen LogP contribution < -0.4 is 4.72 Å². The number of amides is 1. The molecule has 1 saturated heterocycles. The van der Waals surface area contributed by atoms with Crippen molar-refractivity contribution in [3.05, 3.63) is 101 Å². The minimum Gasteiger partial charge on any atom is -0.373 e. The summed E-state index contributed by atoms with van der Waals surface area (Å²) >= 11 is 6.20. The van der Waals surface area contributed by atoms with Gasteiger partial charge < -0.3 is 9.64 Å². The minimum atomic E-state index is -3.89. The van der Waals surface area contributed by atoms with E-state index in [4.69, 9.17) is 16.3 Å². The molecule has 0 aliphatic carbocycles. The van der Waals surface area contributed by atoms with Crippen molar-refractivity contribution in [2.24, 2.45) is 0 Å². The number of piperidine rings is 1. The van der Waals surface area contributed by atoms with E-state index in [0.717, 1.165) is 24.0 Å². The Hall–Kier alpha value is -2.71. The van der Waals surface area contributed by atoms with Gasteiger partial charge in [-0.1, -0.05) is 72.3 Å². The molecule has 3 aromatic rings. The molecule has 6 nitrogen and oxygen atoms in total. The number of hydrogen-bond acceptors (Lipinski definition) is 4. The Morgan fingerprint density at radius 2 is 1.56 bits per heavy atom.